The van der Waals surface area contributed by atoms with Crippen molar-refractivity contribution in [3.8, 4) is 0 Å². The van der Waals surface area contributed by atoms with Crippen molar-refractivity contribution >= 4 is 0 Å². The summed E-state index contributed by atoms with van der Waals surface area (Å²) in [5.74, 6) is 0. The molecule has 0 bridgehead atoms. The van der Waals surface area contributed by atoms with Gasteiger partial charge in [0, 0.05) is 25.3 Å². The Labute approximate surface area is 109 Å². The molecular weight excluding hydrogens is 222 g/mol. The van der Waals surface area contributed by atoms with Crippen LogP contribution in [0.4, 0.5) is 0 Å². The first-order chi connectivity index (χ1) is 8.79. The van der Waals surface area contributed by atoms with Crippen LogP contribution >= 0.6 is 0 Å². The Bertz CT molecular complexity index is 462. The molecule has 0 radical (unpaired) electrons. The van der Waals surface area contributed by atoms with Crippen molar-refractivity contribution in [3.05, 3.63) is 54.1 Å². The Hall–Kier alpha value is -1.61. The summed E-state index contributed by atoms with van der Waals surface area (Å²) in [6.07, 6.45) is 4.88. The first-order valence-electron chi connectivity index (χ1n) is 6.56. The molecule has 1 aromatic carbocycles. The van der Waals surface area contributed by atoms with Crippen molar-refractivity contribution in [2.24, 2.45) is 0 Å². The second-order valence-corrected chi connectivity index (χ2v) is 4.64. The van der Waals surface area contributed by atoms with Crippen molar-refractivity contribution in [3.63, 3.8) is 0 Å². The summed E-state index contributed by atoms with van der Waals surface area (Å²) in [7, 11) is 0. The van der Waals surface area contributed by atoms with Gasteiger partial charge >= 0.3 is 0 Å². The minimum atomic E-state index is 0.465. The molecular formula is C15H21N3. The molecule has 0 aliphatic heterocycles. The second-order valence-electron chi connectivity index (χ2n) is 4.64. The van der Waals surface area contributed by atoms with Crippen LogP contribution in [0.15, 0.2) is 42.9 Å². The highest BCUT2D eigenvalue weighted by molar-refractivity contribution is 5.15. The maximum Gasteiger partial charge on any atom is 0.0948 e. The minimum absolute atomic E-state index is 0.465. The monoisotopic (exact) mass is 243 g/mol. The molecule has 96 valence electrons. The molecule has 1 aromatic heterocycles. The summed E-state index contributed by atoms with van der Waals surface area (Å²) in [6, 6.07) is 11.1. The molecule has 1 heterocycles. The maximum atomic E-state index is 4.18. The maximum absolute atomic E-state index is 4.18. The third-order valence-electron chi connectivity index (χ3n) is 3.16. The van der Waals surface area contributed by atoms with E-state index in [2.05, 4.69) is 59.0 Å². The first kappa shape index (κ1) is 12.8. The van der Waals surface area contributed by atoms with Gasteiger partial charge in [-0.1, -0.05) is 30.3 Å². The summed E-state index contributed by atoms with van der Waals surface area (Å²) >= 11 is 0. The van der Waals surface area contributed by atoms with Crippen molar-refractivity contribution in [2.45, 2.75) is 39.4 Å². The van der Waals surface area contributed by atoms with E-state index >= 15 is 0 Å². The van der Waals surface area contributed by atoms with Crippen LogP contribution in [0.1, 0.15) is 25.1 Å². The summed E-state index contributed by atoms with van der Waals surface area (Å²) in [5.41, 5.74) is 2.62. The third-order valence-corrected chi connectivity index (χ3v) is 3.16. The van der Waals surface area contributed by atoms with E-state index < -0.39 is 0 Å². The molecule has 0 spiro atoms. The third kappa shape index (κ3) is 3.44. The predicted octanol–water partition coefficient (Wildman–Crippen LogP) is 2.62. The number of nitrogens with zero attached hydrogens (tertiary/aromatic N) is 2. The van der Waals surface area contributed by atoms with E-state index in [4.69, 9.17) is 0 Å². The fourth-order valence-electron chi connectivity index (χ4n) is 2.10. The number of imidazole rings is 1. The zero-order valence-corrected chi connectivity index (χ0v) is 11.1. The van der Waals surface area contributed by atoms with Crippen LogP contribution in [0.5, 0.6) is 0 Å². The molecule has 0 aliphatic rings. The van der Waals surface area contributed by atoms with Gasteiger partial charge in [-0.2, -0.15) is 0 Å². The average Bonchev–Trinajstić information content (AvgIpc) is 2.85. The normalized spacial score (nSPS) is 12.6. The van der Waals surface area contributed by atoms with Gasteiger partial charge < -0.3 is 9.88 Å². The van der Waals surface area contributed by atoms with Gasteiger partial charge in [0.2, 0.25) is 0 Å². The van der Waals surface area contributed by atoms with Crippen LogP contribution in [-0.2, 0) is 19.5 Å². The van der Waals surface area contributed by atoms with Gasteiger partial charge in [-0.25, -0.2) is 4.98 Å². The van der Waals surface area contributed by atoms with Crippen LogP contribution in [-0.4, -0.2) is 15.6 Å². The lowest BCUT2D eigenvalue weighted by atomic mass is 10.1. The van der Waals surface area contributed by atoms with Gasteiger partial charge in [0.05, 0.1) is 12.0 Å². The van der Waals surface area contributed by atoms with E-state index in [1.165, 1.54) is 11.3 Å². The number of nitrogens with one attached hydrogen (secondary N) is 1. The standard InChI is InChI=1S/C15H21N3/c1-3-18-12-16-10-15(18)11-17-13(2)9-14-7-5-4-6-8-14/h4-8,10,12-13,17H,3,9,11H2,1-2H3. The Morgan fingerprint density at radius 1 is 1.28 bits per heavy atom. The molecule has 0 saturated heterocycles. The van der Waals surface area contributed by atoms with Gasteiger partial charge in [0.1, 0.15) is 0 Å². The highest BCUT2D eigenvalue weighted by Gasteiger charge is 2.05. The van der Waals surface area contributed by atoms with Crippen molar-refractivity contribution in [1.29, 1.82) is 0 Å². The predicted molar refractivity (Wildman–Crippen MR) is 74.3 cm³/mol. The number of hydrogen-bond acceptors (Lipinski definition) is 2. The van der Waals surface area contributed by atoms with Gasteiger partial charge in [-0.05, 0) is 25.8 Å². The molecule has 1 atom stereocenters. The molecule has 3 heteroatoms. The molecule has 2 aromatic rings. The van der Waals surface area contributed by atoms with Crippen LogP contribution in [0.2, 0.25) is 0 Å². The average molecular weight is 243 g/mol. The summed E-state index contributed by atoms with van der Waals surface area (Å²) in [4.78, 5) is 4.18. The zero-order chi connectivity index (χ0) is 12.8. The van der Waals surface area contributed by atoms with Crippen molar-refractivity contribution in [1.82, 2.24) is 14.9 Å². The highest BCUT2D eigenvalue weighted by Crippen LogP contribution is 2.04. The molecule has 2 rings (SSSR count). The lowest BCUT2D eigenvalue weighted by molar-refractivity contribution is 0.527. The second kappa shape index (κ2) is 6.36. The quantitative estimate of drug-likeness (QED) is 0.845. The van der Waals surface area contributed by atoms with Crippen LogP contribution in [0.25, 0.3) is 0 Å². The summed E-state index contributed by atoms with van der Waals surface area (Å²) in [6.45, 7) is 6.21. The van der Waals surface area contributed by atoms with Crippen molar-refractivity contribution in [2.75, 3.05) is 0 Å². The van der Waals surface area contributed by atoms with Crippen LogP contribution in [0.3, 0.4) is 0 Å². The molecule has 0 fully saturated rings. The van der Waals surface area contributed by atoms with E-state index in [0.717, 1.165) is 19.5 Å². The fraction of sp³-hybridized carbons (Fsp3) is 0.400. The zero-order valence-electron chi connectivity index (χ0n) is 11.1. The Balaban J connectivity index is 1.83. The number of benzene rings is 1. The van der Waals surface area contributed by atoms with Crippen LogP contribution in [0, 0.1) is 0 Å². The number of aromatic nitrogens is 2. The molecule has 0 aliphatic carbocycles. The number of rotatable bonds is 6. The Morgan fingerprint density at radius 3 is 2.78 bits per heavy atom. The van der Waals surface area contributed by atoms with Gasteiger partial charge in [0.25, 0.3) is 0 Å². The lowest BCUT2D eigenvalue weighted by Gasteiger charge is -2.14. The molecule has 1 unspecified atom stereocenters. The van der Waals surface area contributed by atoms with E-state index in [1.807, 2.05) is 12.5 Å². The SMILES string of the molecule is CCn1cncc1CNC(C)Cc1ccccc1. The van der Waals surface area contributed by atoms with E-state index in [1.54, 1.807) is 0 Å². The van der Waals surface area contributed by atoms with Gasteiger partial charge in [-0.3, -0.25) is 0 Å². The van der Waals surface area contributed by atoms with Gasteiger partial charge in [0.15, 0.2) is 0 Å². The Kier molecular flexibility index (Phi) is 4.53. The van der Waals surface area contributed by atoms with E-state index in [0.29, 0.717) is 6.04 Å². The molecule has 18 heavy (non-hydrogen) atoms. The van der Waals surface area contributed by atoms with Crippen molar-refractivity contribution < 1.29 is 0 Å². The molecule has 3 nitrogen and oxygen atoms in total. The number of aryl methyl sites for hydroxylation is 1. The first-order valence-corrected chi connectivity index (χ1v) is 6.56. The topological polar surface area (TPSA) is 29.9 Å². The molecule has 0 amide bonds. The van der Waals surface area contributed by atoms with E-state index in [9.17, 15) is 0 Å². The van der Waals surface area contributed by atoms with Gasteiger partial charge in [-0.15, -0.1) is 0 Å². The Morgan fingerprint density at radius 2 is 2.06 bits per heavy atom. The largest absolute Gasteiger partial charge is 0.334 e. The minimum Gasteiger partial charge on any atom is -0.334 e. The van der Waals surface area contributed by atoms with E-state index in [-0.39, 0.29) is 0 Å². The highest BCUT2D eigenvalue weighted by atomic mass is 15.1. The molecule has 1 N–H and O–H groups in total. The summed E-state index contributed by atoms with van der Waals surface area (Å²) in [5, 5.41) is 3.55. The van der Waals surface area contributed by atoms with Crippen LogP contribution < -0.4 is 5.32 Å². The molecule has 0 saturated carbocycles. The summed E-state index contributed by atoms with van der Waals surface area (Å²) < 4.78 is 2.17. The number of hydrogen-bond donors (Lipinski definition) is 1. The lowest BCUT2D eigenvalue weighted by Crippen LogP contribution is -2.28. The smallest absolute Gasteiger partial charge is 0.0948 e. The fourth-order valence-corrected chi connectivity index (χ4v) is 2.10.